The van der Waals surface area contributed by atoms with Crippen LogP contribution in [0.3, 0.4) is 0 Å². The Hall–Kier alpha value is -2.47. The maximum atomic E-state index is 11.6. The van der Waals surface area contributed by atoms with E-state index in [4.69, 9.17) is 0 Å². The summed E-state index contributed by atoms with van der Waals surface area (Å²) in [4.78, 5) is 12.6. The minimum Gasteiger partial charge on any atom is -0.286 e. The van der Waals surface area contributed by atoms with Gasteiger partial charge in [0.25, 0.3) is 0 Å². The number of aryl methyl sites for hydroxylation is 1. The number of carbonyl (C=O) groups excluding carboxylic acids is 1. The van der Waals surface area contributed by atoms with Crippen LogP contribution >= 0.6 is 11.8 Å². The molecule has 6 heteroatoms. The topological polar surface area (TPSA) is 60.7 Å². The van der Waals surface area contributed by atoms with Crippen LogP contribution in [0.25, 0.3) is 5.82 Å². The number of benzene rings is 1. The molecular formula is C18H16N4OS. The normalized spacial score (nSPS) is 14.7. The largest absolute Gasteiger partial charge is 0.286 e. The maximum absolute atomic E-state index is 11.6. The second-order valence-corrected chi connectivity index (χ2v) is 7.06. The highest BCUT2D eigenvalue weighted by Gasteiger charge is 2.21. The molecule has 0 aliphatic carbocycles. The number of thioether (sulfide) groups is 1. The van der Waals surface area contributed by atoms with E-state index in [0.717, 1.165) is 27.4 Å². The van der Waals surface area contributed by atoms with E-state index in [0.29, 0.717) is 12.2 Å². The third-order valence-corrected chi connectivity index (χ3v) is 5.19. The van der Waals surface area contributed by atoms with Crippen LogP contribution in [0.2, 0.25) is 0 Å². The number of nitrogens with zero attached hydrogens (tertiary/aromatic N) is 4. The SMILES string of the molecule is Cc1ccc(-n2ccc(C(C)c3ccc4c(c3)SC(=O)C4)n2)nn1. The van der Waals surface area contributed by atoms with E-state index in [1.165, 1.54) is 11.8 Å². The average Bonchev–Trinajstić information content (AvgIpc) is 3.20. The van der Waals surface area contributed by atoms with Crippen molar-refractivity contribution in [2.24, 2.45) is 0 Å². The van der Waals surface area contributed by atoms with Gasteiger partial charge in [-0.05, 0) is 42.3 Å². The Morgan fingerprint density at radius 2 is 2.04 bits per heavy atom. The van der Waals surface area contributed by atoms with E-state index < -0.39 is 0 Å². The van der Waals surface area contributed by atoms with E-state index in [9.17, 15) is 4.79 Å². The number of hydrogen-bond donors (Lipinski definition) is 0. The second kappa shape index (κ2) is 5.87. The van der Waals surface area contributed by atoms with Crippen molar-refractivity contribution in [2.45, 2.75) is 31.1 Å². The highest BCUT2D eigenvalue weighted by molar-refractivity contribution is 8.14. The van der Waals surface area contributed by atoms with Gasteiger partial charge in [0.05, 0.1) is 11.4 Å². The molecule has 5 nitrogen and oxygen atoms in total. The lowest BCUT2D eigenvalue weighted by atomic mass is 9.96. The number of rotatable bonds is 3. The summed E-state index contributed by atoms with van der Waals surface area (Å²) in [5, 5.41) is 13.1. The van der Waals surface area contributed by atoms with Crippen molar-refractivity contribution in [1.82, 2.24) is 20.0 Å². The Morgan fingerprint density at radius 3 is 2.83 bits per heavy atom. The molecule has 4 rings (SSSR count). The molecule has 1 atom stereocenters. The van der Waals surface area contributed by atoms with Gasteiger partial charge in [-0.3, -0.25) is 4.79 Å². The molecule has 3 aromatic rings. The summed E-state index contributed by atoms with van der Waals surface area (Å²) in [5.41, 5.74) is 4.13. The summed E-state index contributed by atoms with van der Waals surface area (Å²) in [7, 11) is 0. The van der Waals surface area contributed by atoms with Gasteiger partial charge < -0.3 is 0 Å². The van der Waals surface area contributed by atoms with Crippen molar-refractivity contribution in [1.29, 1.82) is 0 Å². The van der Waals surface area contributed by atoms with Crippen molar-refractivity contribution >= 4 is 16.9 Å². The minimum atomic E-state index is 0.145. The first-order valence-electron chi connectivity index (χ1n) is 7.80. The quantitative estimate of drug-likeness (QED) is 0.734. The molecule has 2 aromatic heterocycles. The Bertz CT molecular complexity index is 917. The molecule has 0 amide bonds. The maximum Gasteiger partial charge on any atom is 0.198 e. The molecule has 1 aliphatic heterocycles. The van der Waals surface area contributed by atoms with Gasteiger partial charge in [0.2, 0.25) is 0 Å². The number of fused-ring (bicyclic) bond motifs is 1. The molecular weight excluding hydrogens is 320 g/mol. The van der Waals surface area contributed by atoms with Gasteiger partial charge in [-0.1, -0.05) is 30.8 Å². The molecule has 3 heterocycles. The monoisotopic (exact) mass is 336 g/mol. The van der Waals surface area contributed by atoms with Crippen LogP contribution in [0.1, 0.15) is 35.4 Å². The van der Waals surface area contributed by atoms with Crippen LogP contribution in [0.5, 0.6) is 0 Å². The lowest BCUT2D eigenvalue weighted by Gasteiger charge is -2.10. The molecule has 1 unspecified atom stereocenters. The first-order valence-corrected chi connectivity index (χ1v) is 8.61. The molecule has 0 bridgehead atoms. The fraction of sp³-hybridized carbons (Fsp3) is 0.222. The van der Waals surface area contributed by atoms with Crippen LogP contribution in [0.15, 0.2) is 47.5 Å². The van der Waals surface area contributed by atoms with E-state index in [-0.39, 0.29) is 11.0 Å². The standard InChI is InChI=1S/C18H16N4OS/c1-11-3-6-17(20-19-11)22-8-7-15(21-22)12(2)13-4-5-14-10-18(23)24-16(14)9-13/h3-9,12H,10H2,1-2H3. The summed E-state index contributed by atoms with van der Waals surface area (Å²) in [6, 6.07) is 12.1. The fourth-order valence-electron chi connectivity index (χ4n) is 2.78. The predicted octanol–water partition coefficient (Wildman–Crippen LogP) is 3.30. The smallest absolute Gasteiger partial charge is 0.198 e. The summed E-state index contributed by atoms with van der Waals surface area (Å²) < 4.78 is 1.74. The lowest BCUT2D eigenvalue weighted by molar-refractivity contribution is -0.110. The van der Waals surface area contributed by atoms with Gasteiger partial charge in [-0.25, -0.2) is 4.68 Å². The molecule has 0 saturated heterocycles. The fourth-order valence-corrected chi connectivity index (χ4v) is 3.72. The zero-order chi connectivity index (χ0) is 16.7. The highest BCUT2D eigenvalue weighted by Crippen LogP contribution is 2.35. The number of carbonyl (C=O) groups is 1. The first kappa shape index (κ1) is 15.1. The third-order valence-electron chi connectivity index (χ3n) is 4.22. The molecule has 1 aromatic carbocycles. The predicted molar refractivity (Wildman–Crippen MR) is 92.4 cm³/mol. The van der Waals surface area contributed by atoms with Crippen LogP contribution in [-0.4, -0.2) is 25.1 Å². The molecule has 24 heavy (non-hydrogen) atoms. The van der Waals surface area contributed by atoms with Crippen LogP contribution < -0.4 is 0 Å². The van der Waals surface area contributed by atoms with E-state index in [1.54, 1.807) is 4.68 Å². The Balaban J connectivity index is 1.61. The summed E-state index contributed by atoms with van der Waals surface area (Å²) in [6.07, 6.45) is 2.44. The second-order valence-electron chi connectivity index (χ2n) is 5.96. The summed E-state index contributed by atoms with van der Waals surface area (Å²) in [6.45, 7) is 4.03. The average molecular weight is 336 g/mol. The summed E-state index contributed by atoms with van der Waals surface area (Å²) >= 11 is 1.34. The zero-order valence-electron chi connectivity index (χ0n) is 13.4. The van der Waals surface area contributed by atoms with Crippen LogP contribution in [-0.2, 0) is 11.2 Å². The van der Waals surface area contributed by atoms with Crippen LogP contribution in [0, 0.1) is 6.92 Å². The van der Waals surface area contributed by atoms with Gasteiger partial charge in [0, 0.05) is 23.4 Å². The summed E-state index contributed by atoms with van der Waals surface area (Å²) in [5.74, 6) is 0.848. The van der Waals surface area contributed by atoms with Crippen molar-refractivity contribution in [2.75, 3.05) is 0 Å². The Labute approximate surface area is 144 Å². The zero-order valence-corrected chi connectivity index (χ0v) is 14.2. The Kier molecular flexibility index (Phi) is 3.69. The minimum absolute atomic E-state index is 0.145. The first-order chi connectivity index (χ1) is 11.6. The molecule has 0 spiro atoms. The third kappa shape index (κ3) is 2.73. The number of hydrogen-bond acceptors (Lipinski definition) is 5. The molecule has 120 valence electrons. The van der Waals surface area contributed by atoms with Gasteiger partial charge >= 0.3 is 0 Å². The molecule has 0 fully saturated rings. The van der Waals surface area contributed by atoms with Crippen LogP contribution in [0.4, 0.5) is 0 Å². The van der Waals surface area contributed by atoms with Crippen molar-refractivity contribution in [3.05, 3.63) is 65.1 Å². The van der Waals surface area contributed by atoms with Crippen molar-refractivity contribution < 1.29 is 4.79 Å². The highest BCUT2D eigenvalue weighted by atomic mass is 32.2. The van der Waals surface area contributed by atoms with Gasteiger partial charge in [-0.2, -0.15) is 10.2 Å². The molecule has 0 N–H and O–H groups in total. The number of aromatic nitrogens is 4. The van der Waals surface area contributed by atoms with E-state index in [1.807, 2.05) is 31.3 Å². The molecule has 1 aliphatic rings. The van der Waals surface area contributed by atoms with E-state index >= 15 is 0 Å². The molecule has 0 radical (unpaired) electrons. The molecule has 0 saturated carbocycles. The van der Waals surface area contributed by atoms with Crippen molar-refractivity contribution in [3.63, 3.8) is 0 Å². The van der Waals surface area contributed by atoms with Gasteiger partial charge in [-0.15, -0.1) is 5.10 Å². The van der Waals surface area contributed by atoms with E-state index in [2.05, 4.69) is 40.4 Å². The lowest BCUT2D eigenvalue weighted by Crippen LogP contribution is -2.03. The van der Waals surface area contributed by atoms with Crippen molar-refractivity contribution in [3.8, 4) is 5.82 Å². The Morgan fingerprint density at radius 1 is 1.17 bits per heavy atom. The van der Waals surface area contributed by atoms with Gasteiger partial charge in [0.1, 0.15) is 0 Å². The van der Waals surface area contributed by atoms with Gasteiger partial charge in [0.15, 0.2) is 10.9 Å².